The molecule has 1 atom stereocenters. The van der Waals surface area contributed by atoms with Crippen molar-refractivity contribution in [1.29, 1.82) is 5.26 Å². The highest BCUT2D eigenvalue weighted by molar-refractivity contribution is 5.28. The summed E-state index contributed by atoms with van der Waals surface area (Å²) < 4.78 is 7.48. The predicted molar refractivity (Wildman–Crippen MR) is 85.6 cm³/mol. The van der Waals surface area contributed by atoms with Crippen LogP contribution in [0.5, 0.6) is 0 Å². The molecule has 3 rings (SSSR count). The lowest BCUT2D eigenvalue weighted by Crippen LogP contribution is -2.22. The van der Waals surface area contributed by atoms with Crippen LogP contribution in [0.1, 0.15) is 68.5 Å². The van der Waals surface area contributed by atoms with Crippen LogP contribution in [-0.2, 0) is 13.1 Å². The van der Waals surface area contributed by atoms with Crippen LogP contribution in [0, 0.1) is 11.3 Å². The molecule has 0 aliphatic carbocycles. The van der Waals surface area contributed by atoms with Crippen molar-refractivity contribution in [1.82, 2.24) is 19.6 Å². The molecule has 6 heteroatoms. The van der Waals surface area contributed by atoms with E-state index < -0.39 is 0 Å². The van der Waals surface area contributed by atoms with Crippen LogP contribution in [0.15, 0.2) is 16.8 Å². The molecule has 3 heterocycles. The van der Waals surface area contributed by atoms with Gasteiger partial charge in [0.15, 0.2) is 5.82 Å². The quantitative estimate of drug-likeness (QED) is 0.847. The van der Waals surface area contributed by atoms with Crippen LogP contribution < -0.4 is 0 Å². The van der Waals surface area contributed by atoms with Crippen molar-refractivity contribution in [3.63, 3.8) is 0 Å². The van der Waals surface area contributed by atoms with E-state index in [1.165, 1.54) is 5.56 Å². The summed E-state index contributed by atoms with van der Waals surface area (Å²) in [6.07, 6.45) is 4.24. The topological polar surface area (TPSA) is 70.9 Å². The lowest BCUT2D eigenvalue weighted by atomic mass is 10.2. The number of rotatable bonds is 5. The van der Waals surface area contributed by atoms with E-state index in [2.05, 4.69) is 48.1 Å². The zero-order valence-corrected chi connectivity index (χ0v) is 14.0. The van der Waals surface area contributed by atoms with Crippen molar-refractivity contribution >= 4 is 0 Å². The van der Waals surface area contributed by atoms with Crippen LogP contribution in [0.2, 0.25) is 0 Å². The first kappa shape index (κ1) is 15.8. The lowest BCUT2D eigenvalue weighted by Gasteiger charge is -2.20. The third-order valence-electron chi connectivity index (χ3n) is 4.42. The molecule has 1 aliphatic rings. The second-order valence-electron chi connectivity index (χ2n) is 6.41. The molecule has 2 aromatic heterocycles. The number of hydrogen-bond acceptors (Lipinski definition) is 5. The molecule has 0 unspecified atom stereocenters. The molecule has 6 nitrogen and oxygen atoms in total. The summed E-state index contributed by atoms with van der Waals surface area (Å²) in [5, 5.41) is 13.3. The smallest absolute Gasteiger partial charge is 0.244 e. The van der Waals surface area contributed by atoms with Crippen molar-refractivity contribution in [2.75, 3.05) is 6.54 Å². The maximum Gasteiger partial charge on any atom is 0.244 e. The third-order valence-corrected chi connectivity index (χ3v) is 4.42. The van der Waals surface area contributed by atoms with Crippen molar-refractivity contribution < 1.29 is 4.52 Å². The van der Waals surface area contributed by atoms with Gasteiger partial charge in [-0.2, -0.15) is 10.2 Å². The first-order valence-corrected chi connectivity index (χ1v) is 8.29. The van der Waals surface area contributed by atoms with Gasteiger partial charge in [-0.3, -0.25) is 4.90 Å². The van der Waals surface area contributed by atoms with E-state index in [0.29, 0.717) is 0 Å². The number of nitrogens with zero attached hydrogens (tertiary/aromatic N) is 5. The minimum Gasteiger partial charge on any atom is -0.339 e. The van der Waals surface area contributed by atoms with Crippen LogP contribution in [-0.4, -0.2) is 26.2 Å². The Hall–Kier alpha value is -2.13. The van der Waals surface area contributed by atoms with Crippen LogP contribution >= 0.6 is 0 Å². The Morgan fingerprint density at radius 1 is 1.48 bits per heavy atom. The maximum atomic E-state index is 9.19. The first-order chi connectivity index (χ1) is 11.1. The van der Waals surface area contributed by atoms with E-state index in [1.54, 1.807) is 0 Å². The molecule has 0 N–H and O–H groups in total. The van der Waals surface area contributed by atoms with Gasteiger partial charge < -0.3 is 9.09 Å². The highest BCUT2D eigenvalue weighted by Gasteiger charge is 2.31. The summed E-state index contributed by atoms with van der Waals surface area (Å²) in [5.74, 6) is 1.77. The Labute approximate surface area is 136 Å². The fourth-order valence-corrected chi connectivity index (χ4v) is 3.16. The van der Waals surface area contributed by atoms with E-state index >= 15 is 0 Å². The van der Waals surface area contributed by atoms with E-state index in [0.717, 1.165) is 49.9 Å². The predicted octanol–water partition coefficient (Wildman–Crippen LogP) is 3.22. The van der Waals surface area contributed by atoms with Gasteiger partial charge in [-0.25, -0.2) is 0 Å². The average Bonchev–Trinajstić information content (AvgIpc) is 3.25. The van der Waals surface area contributed by atoms with Crippen molar-refractivity contribution in [3.05, 3.63) is 35.2 Å². The summed E-state index contributed by atoms with van der Waals surface area (Å²) >= 11 is 0. The molecule has 0 amide bonds. The number of hydrogen-bond donors (Lipinski definition) is 0. The molecule has 1 saturated heterocycles. The number of likely N-dealkylation sites (tertiary alicyclic amines) is 1. The van der Waals surface area contributed by atoms with Crippen LogP contribution in [0.4, 0.5) is 0 Å². The Balaban J connectivity index is 1.76. The van der Waals surface area contributed by atoms with Crippen LogP contribution in [0.3, 0.4) is 0 Å². The minimum atomic E-state index is 0.186. The SMILES string of the molecule is CCn1cc(CN2CCC[C@@H]2c2nc(C(C)C)no2)cc1C#N. The second-order valence-corrected chi connectivity index (χ2v) is 6.41. The Morgan fingerprint density at radius 3 is 2.91 bits per heavy atom. The molecule has 122 valence electrons. The van der Waals surface area contributed by atoms with Gasteiger partial charge in [0.1, 0.15) is 11.8 Å². The summed E-state index contributed by atoms with van der Waals surface area (Å²) in [5.41, 5.74) is 1.89. The van der Waals surface area contributed by atoms with Gasteiger partial charge in [0.05, 0.1) is 6.04 Å². The molecule has 0 bridgehead atoms. The summed E-state index contributed by atoms with van der Waals surface area (Å²) in [6, 6.07) is 4.42. The highest BCUT2D eigenvalue weighted by Crippen LogP contribution is 2.33. The fraction of sp³-hybridized carbons (Fsp3) is 0.588. The largest absolute Gasteiger partial charge is 0.339 e. The Bertz CT molecular complexity index is 709. The zero-order valence-electron chi connectivity index (χ0n) is 14.0. The van der Waals surface area contributed by atoms with E-state index in [4.69, 9.17) is 4.52 Å². The third kappa shape index (κ3) is 3.15. The Morgan fingerprint density at radius 2 is 2.30 bits per heavy atom. The van der Waals surface area contributed by atoms with Crippen molar-refractivity contribution in [3.8, 4) is 6.07 Å². The van der Waals surface area contributed by atoms with Gasteiger partial charge in [-0.15, -0.1) is 0 Å². The summed E-state index contributed by atoms with van der Waals surface area (Å²) in [7, 11) is 0. The van der Waals surface area contributed by atoms with E-state index in [9.17, 15) is 5.26 Å². The van der Waals surface area contributed by atoms with Crippen molar-refractivity contribution in [2.45, 2.75) is 58.7 Å². The van der Waals surface area contributed by atoms with E-state index in [1.807, 2.05) is 10.6 Å². The molecule has 0 radical (unpaired) electrons. The molecular weight excluding hydrogens is 290 g/mol. The Kier molecular flexibility index (Phi) is 4.49. The summed E-state index contributed by atoms with van der Waals surface area (Å²) in [6.45, 7) is 8.83. The van der Waals surface area contributed by atoms with Gasteiger partial charge in [-0.05, 0) is 37.9 Å². The molecule has 0 spiro atoms. The first-order valence-electron chi connectivity index (χ1n) is 8.29. The standard InChI is InChI=1S/C17H23N5O/c1-4-21-10-13(8-14(21)9-18)11-22-7-5-6-15(22)17-19-16(12(2)3)20-23-17/h8,10,12,15H,4-7,11H2,1-3H3/t15-/m1/s1. The molecule has 0 saturated carbocycles. The fourth-order valence-electron chi connectivity index (χ4n) is 3.16. The second kappa shape index (κ2) is 6.55. The van der Waals surface area contributed by atoms with E-state index in [-0.39, 0.29) is 12.0 Å². The lowest BCUT2D eigenvalue weighted by molar-refractivity contribution is 0.201. The number of aryl methyl sites for hydroxylation is 1. The molecule has 2 aromatic rings. The van der Waals surface area contributed by atoms with Gasteiger partial charge in [0.2, 0.25) is 5.89 Å². The molecule has 1 aliphatic heterocycles. The average molecular weight is 313 g/mol. The van der Waals surface area contributed by atoms with Gasteiger partial charge in [-0.1, -0.05) is 19.0 Å². The van der Waals surface area contributed by atoms with Gasteiger partial charge >= 0.3 is 0 Å². The molecular formula is C17H23N5O. The normalized spacial score (nSPS) is 18.7. The maximum absolute atomic E-state index is 9.19. The zero-order chi connectivity index (χ0) is 16.4. The molecule has 0 aromatic carbocycles. The summed E-state index contributed by atoms with van der Waals surface area (Å²) in [4.78, 5) is 6.93. The van der Waals surface area contributed by atoms with Gasteiger partial charge in [0.25, 0.3) is 0 Å². The molecule has 1 fully saturated rings. The number of nitriles is 1. The number of aromatic nitrogens is 3. The van der Waals surface area contributed by atoms with Crippen LogP contribution in [0.25, 0.3) is 0 Å². The minimum absolute atomic E-state index is 0.186. The molecule has 23 heavy (non-hydrogen) atoms. The monoisotopic (exact) mass is 313 g/mol. The van der Waals surface area contributed by atoms with Crippen molar-refractivity contribution in [2.24, 2.45) is 0 Å². The highest BCUT2D eigenvalue weighted by atomic mass is 16.5. The van der Waals surface area contributed by atoms with Gasteiger partial charge in [0, 0.05) is 25.2 Å².